The van der Waals surface area contributed by atoms with Gasteiger partial charge in [-0.3, -0.25) is 4.79 Å². The number of esters is 1. The van der Waals surface area contributed by atoms with Crippen LogP contribution in [0, 0.1) is 5.92 Å². The Hall–Kier alpha value is -1.13. The van der Waals surface area contributed by atoms with Crippen molar-refractivity contribution in [1.82, 2.24) is 4.98 Å². The molecule has 0 radical (unpaired) electrons. The van der Waals surface area contributed by atoms with Gasteiger partial charge in [-0.05, 0) is 25.0 Å². The van der Waals surface area contributed by atoms with E-state index in [1.807, 2.05) is 0 Å². The van der Waals surface area contributed by atoms with Crippen LogP contribution in [-0.4, -0.2) is 24.2 Å². The van der Waals surface area contributed by atoms with E-state index in [0.29, 0.717) is 24.1 Å². The predicted octanol–water partition coefficient (Wildman–Crippen LogP) is 2.07. The Morgan fingerprint density at radius 3 is 2.81 bits per heavy atom. The lowest BCUT2D eigenvalue weighted by Crippen LogP contribution is -2.27. The number of hydrogen-bond donors (Lipinski definition) is 0. The van der Waals surface area contributed by atoms with Gasteiger partial charge in [0, 0.05) is 13.2 Å². The first-order valence-electron chi connectivity index (χ1n) is 5.17. The molecule has 1 saturated heterocycles. The summed E-state index contributed by atoms with van der Waals surface area (Å²) in [7, 11) is 0. The summed E-state index contributed by atoms with van der Waals surface area (Å²) in [5, 5.41) is 0.380. The zero-order valence-corrected chi connectivity index (χ0v) is 9.44. The van der Waals surface area contributed by atoms with Gasteiger partial charge < -0.3 is 9.47 Å². The molecule has 1 aromatic heterocycles. The summed E-state index contributed by atoms with van der Waals surface area (Å²) >= 11 is 5.63. The first-order valence-corrected chi connectivity index (χ1v) is 5.54. The van der Waals surface area contributed by atoms with Gasteiger partial charge in [0.25, 0.3) is 0 Å². The second-order valence-electron chi connectivity index (χ2n) is 3.62. The highest BCUT2D eigenvalue weighted by atomic mass is 35.5. The van der Waals surface area contributed by atoms with Crippen molar-refractivity contribution in [1.29, 1.82) is 0 Å². The maximum atomic E-state index is 11.7. The number of hydrogen-bond acceptors (Lipinski definition) is 4. The Morgan fingerprint density at radius 1 is 1.44 bits per heavy atom. The van der Waals surface area contributed by atoms with Gasteiger partial charge in [0.1, 0.15) is 10.9 Å². The third-order valence-corrected chi connectivity index (χ3v) is 2.70. The SMILES string of the molecule is O=C(Oc1ccc(Cl)nc1)C1CCOCC1. The maximum Gasteiger partial charge on any atom is 0.314 e. The van der Waals surface area contributed by atoms with E-state index in [9.17, 15) is 4.79 Å². The van der Waals surface area contributed by atoms with Crippen molar-refractivity contribution in [3.05, 3.63) is 23.5 Å². The number of ether oxygens (including phenoxy) is 2. The summed E-state index contributed by atoms with van der Waals surface area (Å²) in [6, 6.07) is 3.22. The van der Waals surface area contributed by atoms with Crippen LogP contribution >= 0.6 is 11.6 Å². The molecular weight excluding hydrogens is 230 g/mol. The van der Waals surface area contributed by atoms with Gasteiger partial charge in [0.15, 0.2) is 0 Å². The smallest absolute Gasteiger partial charge is 0.314 e. The number of carbonyl (C=O) groups is 1. The minimum absolute atomic E-state index is 0.0653. The molecule has 1 aliphatic rings. The number of nitrogens with zero attached hydrogens (tertiary/aromatic N) is 1. The molecule has 4 nitrogen and oxygen atoms in total. The summed E-state index contributed by atoms with van der Waals surface area (Å²) in [5.41, 5.74) is 0. The van der Waals surface area contributed by atoms with Crippen LogP contribution in [0.5, 0.6) is 5.75 Å². The summed E-state index contributed by atoms with van der Waals surface area (Å²) in [5.74, 6) is 0.151. The fourth-order valence-electron chi connectivity index (χ4n) is 1.56. The summed E-state index contributed by atoms with van der Waals surface area (Å²) in [4.78, 5) is 15.6. The van der Waals surface area contributed by atoms with Crippen LogP contribution in [0.2, 0.25) is 5.15 Å². The Labute approximate surface area is 98.5 Å². The number of rotatable bonds is 2. The van der Waals surface area contributed by atoms with Crippen LogP contribution in [0.3, 0.4) is 0 Å². The summed E-state index contributed by atoms with van der Waals surface area (Å²) in [6.07, 6.45) is 2.89. The zero-order chi connectivity index (χ0) is 11.4. The fraction of sp³-hybridized carbons (Fsp3) is 0.455. The predicted molar refractivity (Wildman–Crippen MR) is 58.4 cm³/mol. The van der Waals surface area contributed by atoms with Gasteiger partial charge in [-0.2, -0.15) is 0 Å². The van der Waals surface area contributed by atoms with Crippen molar-refractivity contribution in [2.45, 2.75) is 12.8 Å². The van der Waals surface area contributed by atoms with Crippen molar-refractivity contribution >= 4 is 17.6 Å². The first-order chi connectivity index (χ1) is 7.75. The number of carbonyl (C=O) groups excluding carboxylic acids is 1. The van der Waals surface area contributed by atoms with Gasteiger partial charge in [-0.15, -0.1) is 0 Å². The van der Waals surface area contributed by atoms with E-state index < -0.39 is 0 Å². The zero-order valence-electron chi connectivity index (χ0n) is 8.69. The van der Waals surface area contributed by atoms with E-state index in [4.69, 9.17) is 21.1 Å². The molecule has 0 bridgehead atoms. The van der Waals surface area contributed by atoms with Crippen molar-refractivity contribution in [3.63, 3.8) is 0 Å². The third-order valence-electron chi connectivity index (χ3n) is 2.47. The molecule has 2 heterocycles. The van der Waals surface area contributed by atoms with Crippen molar-refractivity contribution in [2.24, 2.45) is 5.92 Å². The van der Waals surface area contributed by atoms with E-state index in [1.54, 1.807) is 12.1 Å². The molecule has 5 heteroatoms. The summed E-state index contributed by atoms with van der Waals surface area (Å²) < 4.78 is 10.4. The third kappa shape index (κ3) is 2.93. The molecule has 0 aliphatic carbocycles. The minimum atomic E-state index is -0.215. The monoisotopic (exact) mass is 241 g/mol. The average molecular weight is 242 g/mol. The molecule has 0 saturated carbocycles. The Balaban J connectivity index is 1.93. The molecule has 16 heavy (non-hydrogen) atoms. The van der Waals surface area contributed by atoms with E-state index in [-0.39, 0.29) is 11.9 Å². The highest BCUT2D eigenvalue weighted by molar-refractivity contribution is 6.29. The lowest BCUT2D eigenvalue weighted by atomic mass is 10.0. The number of halogens is 1. The van der Waals surface area contributed by atoms with Crippen LogP contribution < -0.4 is 4.74 Å². The Bertz CT molecular complexity index is 360. The molecule has 0 N–H and O–H groups in total. The maximum absolute atomic E-state index is 11.7. The molecule has 1 fully saturated rings. The topological polar surface area (TPSA) is 48.4 Å². The molecule has 2 rings (SSSR count). The average Bonchev–Trinajstić information content (AvgIpc) is 2.33. The van der Waals surface area contributed by atoms with Crippen LogP contribution in [0.4, 0.5) is 0 Å². The van der Waals surface area contributed by atoms with Crippen molar-refractivity contribution in [2.75, 3.05) is 13.2 Å². The lowest BCUT2D eigenvalue weighted by Gasteiger charge is -2.20. The molecule has 86 valence electrons. The second-order valence-corrected chi connectivity index (χ2v) is 4.01. The minimum Gasteiger partial charge on any atom is -0.425 e. The van der Waals surface area contributed by atoms with Gasteiger partial charge in [-0.25, -0.2) is 4.98 Å². The normalized spacial score (nSPS) is 17.1. The Morgan fingerprint density at radius 2 is 2.19 bits per heavy atom. The molecule has 1 aliphatic heterocycles. The lowest BCUT2D eigenvalue weighted by molar-refractivity contribution is -0.142. The quantitative estimate of drug-likeness (QED) is 0.588. The van der Waals surface area contributed by atoms with Crippen LogP contribution in [0.25, 0.3) is 0 Å². The van der Waals surface area contributed by atoms with Crippen molar-refractivity contribution in [3.8, 4) is 5.75 Å². The van der Waals surface area contributed by atoms with Crippen LogP contribution in [0.1, 0.15) is 12.8 Å². The number of aromatic nitrogens is 1. The summed E-state index contributed by atoms with van der Waals surface area (Å²) in [6.45, 7) is 1.25. The van der Waals surface area contributed by atoms with Gasteiger partial charge in [0.05, 0.1) is 12.1 Å². The van der Waals surface area contributed by atoms with E-state index in [1.165, 1.54) is 6.20 Å². The molecule has 0 aromatic carbocycles. The van der Waals surface area contributed by atoms with E-state index in [2.05, 4.69) is 4.98 Å². The highest BCUT2D eigenvalue weighted by Gasteiger charge is 2.23. The standard InChI is InChI=1S/C11H12ClNO3/c12-10-2-1-9(7-13-10)16-11(14)8-3-5-15-6-4-8/h1-2,7-8H,3-6H2. The highest BCUT2D eigenvalue weighted by Crippen LogP contribution is 2.19. The molecule has 0 amide bonds. The molecule has 1 aromatic rings. The van der Waals surface area contributed by atoms with E-state index >= 15 is 0 Å². The van der Waals surface area contributed by atoms with Crippen LogP contribution in [-0.2, 0) is 9.53 Å². The molecular formula is C11H12ClNO3. The van der Waals surface area contributed by atoms with Gasteiger partial charge >= 0.3 is 5.97 Å². The van der Waals surface area contributed by atoms with Gasteiger partial charge in [0.2, 0.25) is 0 Å². The van der Waals surface area contributed by atoms with Crippen LogP contribution in [0.15, 0.2) is 18.3 Å². The second kappa shape index (κ2) is 5.27. The Kier molecular flexibility index (Phi) is 3.74. The number of pyridine rings is 1. The van der Waals surface area contributed by atoms with Gasteiger partial charge in [-0.1, -0.05) is 11.6 Å². The largest absolute Gasteiger partial charge is 0.425 e. The fourth-order valence-corrected chi connectivity index (χ4v) is 1.67. The van der Waals surface area contributed by atoms with Crippen molar-refractivity contribution < 1.29 is 14.3 Å². The molecule has 0 spiro atoms. The molecule has 0 unspecified atom stereocenters. The van der Waals surface area contributed by atoms with E-state index in [0.717, 1.165) is 12.8 Å². The first kappa shape index (κ1) is 11.4. The molecule has 0 atom stereocenters.